The zero-order chi connectivity index (χ0) is 16.8. The molecule has 1 aromatic carbocycles. The highest BCUT2D eigenvalue weighted by atomic mass is 19.1. The second-order valence-electron chi connectivity index (χ2n) is 7.09. The third-order valence-electron chi connectivity index (χ3n) is 4.21. The first-order valence-corrected chi connectivity index (χ1v) is 8.21. The maximum absolute atomic E-state index is 13.9. The summed E-state index contributed by atoms with van der Waals surface area (Å²) in [5.74, 6) is -0.521. The molecule has 1 rings (SSSR count). The number of nitro groups is 1. The van der Waals surface area contributed by atoms with Crippen molar-refractivity contribution in [1.29, 1.82) is 0 Å². The van der Waals surface area contributed by atoms with Gasteiger partial charge in [-0.3, -0.25) is 10.1 Å². The predicted octanol–water partition coefficient (Wildman–Crippen LogP) is 6.22. The van der Waals surface area contributed by atoms with E-state index in [1.165, 1.54) is 37.8 Å². The Balaban J connectivity index is 2.84. The van der Waals surface area contributed by atoms with Crippen molar-refractivity contribution < 1.29 is 9.31 Å². The molecule has 0 N–H and O–H groups in total. The van der Waals surface area contributed by atoms with Crippen LogP contribution in [0, 0.1) is 21.3 Å². The Hall–Kier alpha value is -1.45. The van der Waals surface area contributed by atoms with Crippen LogP contribution in [-0.2, 0) is 0 Å². The first-order chi connectivity index (χ1) is 10.3. The van der Waals surface area contributed by atoms with E-state index in [2.05, 4.69) is 27.7 Å². The van der Waals surface area contributed by atoms with Gasteiger partial charge in [0.25, 0.3) is 0 Å². The lowest BCUT2D eigenvalue weighted by Crippen LogP contribution is -2.19. The molecule has 22 heavy (non-hydrogen) atoms. The van der Waals surface area contributed by atoms with E-state index in [1.54, 1.807) is 6.07 Å². The molecule has 0 spiro atoms. The van der Waals surface area contributed by atoms with Crippen molar-refractivity contribution in [1.82, 2.24) is 0 Å². The normalized spacial score (nSPS) is 13.1. The second kappa shape index (κ2) is 8.25. The molecule has 0 fully saturated rings. The van der Waals surface area contributed by atoms with E-state index in [1.807, 2.05) is 0 Å². The van der Waals surface area contributed by atoms with Crippen molar-refractivity contribution >= 4 is 5.69 Å². The Morgan fingerprint density at radius 2 is 1.82 bits per heavy atom. The lowest BCUT2D eigenvalue weighted by molar-refractivity contribution is -0.387. The molecular weight excluding hydrogens is 281 g/mol. The SMILES string of the molecule is CCCCCCCC(c1ccc([N+](=O)[O-])c(F)c1)C(C)(C)C. The maximum atomic E-state index is 13.9. The Kier molecular flexibility index (Phi) is 6.98. The molecule has 0 aromatic heterocycles. The molecule has 0 amide bonds. The van der Waals surface area contributed by atoms with Gasteiger partial charge < -0.3 is 0 Å². The van der Waals surface area contributed by atoms with Crippen molar-refractivity contribution in [3.63, 3.8) is 0 Å². The third-order valence-corrected chi connectivity index (χ3v) is 4.21. The topological polar surface area (TPSA) is 43.1 Å². The van der Waals surface area contributed by atoms with E-state index in [-0.39, 0.29) is 11.3 Å². The van der Waals surface area contributed by atoms with E-state index < -0.39 is 16.4 Å². The quantitative estimate of drug-likeness (QED) is 0.325. The van der Waals surface area contributed by atoms with E-state index in [9.17, 15) is 14.5 Å². The number of benzene rings is 1. The third kappa shape index (κ3) is 5.39. The van der Waals surface area contributed by atoms with Crippen molar-refractivity contribution in [2.45, 2.75) is 72.1 Å². The molecule has 0 aliphatic carbocycles. The Bertz CT molecular complexity index is 494. The molecule has 1 atom stereocenters. The number of rotatable bonds is 8. The fourth-order valence-corrected chi connectivity index (χ4v) is 2.94. The summed E-state index contributed by atoms with van der Waals surface area (Å²) in [6, 6.07) is 4.35. The number of hydrogen-bond donors (Lipinski definition) is 0. The molecule has 3 nitrogen and oxygen atoms in total. The highest BCUT2D eigenvalue weighted by Gasteiger charge is 2.27. The van der Waals surface area contributed by atoms with Crippen LogP contribution >= 0.6 is 0 Å². The van der Waals surface area contributed by atoms with Crippen molar-refractivity contribution in [3.05, 3.63) is 39.7 Å². The van der Waals surface area contributed by atoms with Crippen LogP contribution < -0.4 is 0 Å². The van der Waals surface area contributed by atoms with Crippen LogP contribution in [0.4, 0.5) is 10.1 Å². The summed E-state index contributed by atoms with van der Waals surface area (Å²) in [5, 5.41) is 10.7. The predicted molar refractivity (Wildman–Crippen MR) is 88.6 cm³/mol. The van der Waals surface area contributed by atoms with E-state index in [4.69, 9.17) is 0 Å². The minimum atomic E-state index is -0.734. The molecule has 124 valence electrons. The number of unbranched alkanes of at least 4 members (excludes halogenated alkanes) is 4. The zero-order valence-electron chi connectivity index (χ0n) is 14.2. The molecule has 0 saturated carbocycles. The van der Waals surface area contributed by atoms with Gasteiger partial charge in [0.2, 0.25) is 5.82 Å². The first-order valence-electron chi connectivity index (χ1n) is 8.21. The van der Waals surface area contributed by atoms with Gasteiger partial charge in [-0.1, -0.05) is 65.9 Å². The van der Waals surface area contributed by atoms with Gasteiger partial charge in [0, 0.05) is 6.07 Å². The summed E-state index contributed by atoms with van der Waals surface area (Å²) >= 11 is 0. The molecule has 0 heterocycles. The van der Waals surface area contributed by atoms with Crippen LogP contribution in [0.3, 0.4) is 0 Å². The van der Waals surface area contributed by atoms with Gasteiger partial charge in [0.1, 0.15) is 0 Å². The number of halogens is 1. The number of hydrogen-bond acceptors (Lipinski definition) is 2. The lowest BCUT2D eigenvalue weighted by Gasteiger charge is -2.31. The summed E-state index contributed by atoms with van der Waals surface area (Å²) in [6.45, 7) is 8.62. The minimum absolute atomic E-state index is 0.00727. The van der Waals surface area contributed by atoms with Crippen LogP contribution in [0.2, 0.25) is 0 Å². The Morgan fingerprint density at radius 1 is 1.18 bits per heavy atom. The van der Waals surface area contributed by atoms with Gasteiger partial charge in [-0.05, 0) is 29.4 Å². The number of nitro benzene ring substituents is 1. The molecule has 0 radical (unpaired) electrons. The smallest absolute Gasteiger partial charge is 0.258 e. The monoisotopic (exact) mass is 309 g/mol. The highest BCUT2D eigenvalue weighted by Crippen LogP contribution is 2.40. The van der Waals surface area contributed by atoms with Gasteiger partial charge in [-0.15, -0.1) is 0 Å². The van der Waals surface area contributed by atoms with Crippen LogP contribution in [0.1, 0.15) is 77.7 Å². The van der Waals surface area contributed by atoms with Gasteiger partial charge in [0.05, 0.1) is 4.92 Å². The highest BCUT2D eigenvalue weighted by molar-refractivity contribution is 5.36. The van der Waals surface area contributed by atoms with Crippen LogP contribution in [0.5, 0.6) is 0 Å². The van der Waals surface area contributed by atoms with E-state index >= 15 is 0 Å². The zero-order valence-corrected chi connectivity index (χ0v) is 14.2. The molecule has 0 bridgehead atoms. The Labute approximate surface area is 133 Å². The minimum Gasteiger partial charge on any atom is -0.258 e. The van der Waals surface area contributed by atoms with Crippen LogP contribution in [-0.4, -0.2) is 4.92 Å². The van der Waals surface area contributed by atoms with Crippen molar-refractivity contribution in [2.75, 3.05) is 0 Å². The second-order valence-corrected chi connectivity index (χ2v) is 7.09. The molecule has 1 aromatic rings. The molecule has 4 heteroatoms. The summed E-state index contributed by atoms with van der Waals surface area (Å²) in [7, 11) is 0. The van der Waals surface area contributed by atoms with Crippen LogP contribution in [0.25, 0.3) is 0 Å². The first kappa shape index (κ1) is 18.6. The van der Waals surface area contributed by atoms with Crippen molar-refractivity contribution in [3.8, 4) is 0 Å². The maximum Gasteiger partial charge on any atom is 0.304 e. The average molecular weight is 309 g/mol. The number of nitrogens with zero attached hydrogens (tertiary/aromatic N) is 1. The molecule has 0 aliphatic rings. The average Bonchev–Trinajstić information content (AvgIpc) is 2.40. The molecular formula is C18H28FNO2. The fraction of sp³-hybridized carbons (Fsp3) is 0.667. The van der Waals surface area contributed by atoms with Gasteiger partial charge in [0.15, 0.2) is 0 Å². The fourth-order valence-electron chi connectivity index (χ4n) is 2.94. The van der Waals surface area contributed by atoms with E-state index in [0.717, 1.165) is 18.4 Å². The van der Waals surface area contributed by atoms with Crippen molar-refractivity contribution in [2.24, 2.45) is 5.41 Å². The largest absolute Gasteiger partial charge is 0.304 e. The van der Waals surface area contributed by atoms with Gasteiger partial charge in [-0.25, -0.2) is 0 Å². The summed E-state index contributed by atoms with van der Waals surface area (Å²) in [5.41, 5.74) is 0.429. The van der Waals surface area contributed by atoms with E-state index in [0.29, 0.717) is 0 Å². The summed E-state index contributed by atoms with van der Waals surface area (Å²) < 4.78 is 13.9. The molecule has 0 aliphatic heterocycles. The lowest BCUT2D eigenvalue weighted by atomic mass is 9.74. The summed E-state index contributed by atoms with van der Waals surface area (Å²) in [6.07, 6.45) is 7.01. The molecule has 1 unspecified atom stereocenters. The van der Waals surface area contributed by atoms with Gasteiger partial charge in [-0.2, -0.15) is 4.39 Å². The standard InChI is InChI=1S/C18H28FNO2/c1-5-6-7-8-9-10-15(18(2,3)4)14-11-12-17(20(21)22)16(19)13-14/h11-13,15H,5-10H2,1-4H3. The molecule has 0 saturated heterocycles. The summed E-state index contributed by atoms with van der Waals surface area (Å²) in [4.78, 5) is 10.1. The van der Waals surface area contributed by atoms with Crippen LogP contribution in [0.15, 0.2) is 18.2 Å². The Morgan fingerprint density at radius 3 is 2.32 bits per heavy atom. The van der Waals surface area contributed by atoms with Gasteiger partial charge >= 0.3 is 5.69 Å².